The van der Waals surface area contributed by atoms with E-state index in [-0.39, 0.29) is 5.78 Å². The Labute approximate surface area is 160 Å². The molecule has 0 aliphatic heterocycles. The zero-order valence-electron chi connectivity index (χ0n) is 16.3. The van der Waals surface area contributed by atoms with Crippen molar-refractivity contribution in [3.8, 4) is 23.0 Å². The summed E-state index contributed by atoms with van der Waals surface area (Å²) < 4.78 is 21.6. The zero-order valence-corrected chi connectivity index (χ0v) is 16.3. The lowest BCUT2D eigenvalue weighted by Crippen LogP contribution is -2.00. The average Bonchev–Trinajstić information content (AvgIpc) is 2.72. The van der Waals surface area contributed by atoms with Crippen LogP contribution in [0.15, 0.2) is 42.5 Å². The fourth-order valence-corrected chi connectivity index (χ4v) is 2.50. The maximum atomic E-state index is 12.6. The summed E-state index contributed by atoms with van der Waals surface area (Å²) in [7, 11) is 4.69. The first kappa shape index (κ1) is 20.4. The minimum atomic E-state index is -0.173. The number of hydrogen-bond acceptors (Lipinski definition) is 5. The Kier molecular flexibility index (Phi) is 7.74. The molecular weight excluding hydrogens is 344 g/mol. The van der Waals surface area contributed by atoms with E-state index in [1.54, 1.807) is 38.5 Å². The first-order valence-electron chi connectivity index (χ1n) is 8.88. The number of methoxy groups -OCH3 is 3. The number of carbonyl (C=O) groups excluding carboxylic acids is 1. The van der Waals surface area contributed by atoms with Crippen molar-refractivity contribution in [1.82, 2.24) is 0 Å². The van der Waals surface area contributed by atoms with E-state index in [0.717, 1.165) is 18.4 Å². The van der Waals surface area contributed by atoms with Crippen LogP contribution >= 0.6 is 0 Å². The molecule has 0 amide bonds. The maximum Gasteiger partial charge on any atom is 0.189 e. The molecule has 0 aromatic heterocycles. The average molecular weight is 370 g/mol. The van der Waals surface area contributed by atoms with E-state index in [4.69, 9.17) is 18.9 Å². The van der Waals surface area contributed by atoms with Crippen molar-refractivity contribution in [1.29, 1.82) is 0 Å². The third kappa shape index (κ3) is 5.51. The third-order valence-electron chi connectivity index (χ3n) is 4.04. The second kappa shape index (κ2) is 10.3. The van der Waals surface area contributed by atoms with Gasteiger partial charge in [0.25, 0.3) is 0 Å². The van der Waals surface area contributed by atoms with Gasteiger partial charge in [-0.3, -0.25) is 4.79 Å². The van der Waals surface area contributed by atoms with Gasteiger partial charge in [-0.25, -0.2) is 0 Å². The van der Waals surface area contributed by atoms with E-state index < -0.39 is 0 Å². The molecule has 0 radical (unpaired) electrons. The predicted octanol–water partition coefficient (Wildman–Crippen LogP) is 4.79. The lowest BCUT2D eigenvalue weighted by molar-refractivity contribution is 0.104. The Hall–Kier alpha value is -2.95. The largest absolute Gasteiger partial charge is 0.497 e. The first-order chi connectivity index (χ1) is 13.1. The van der Waals surface area contributed by atoms with Crippen molar-refractivity contribution >= 4 is 11.9 Å². The molecule has 0 N–H and O–H groups in total. The molecule has 0 aliphatic rings. The van der Waals surface area contributed by atoms with E-state index in [1.807, 2.05) is 18.2 Å². The first-order valence-corrected chi connectivity index (χ1v) is 8.88. The van der Waals surface area contributed by atoms with Crippen LogP contribution in [0.1, 0.15) is 35.7 Å². The number of ketones is 1. The molecule has 0 unspecified atom stereocenters. The predicted molar refractivity (Wildman–Crippen MR) is 106 cm³/mol. The molecule has 5 nitrogen and oxygen atoms in total. The monoisotopic (exact) mass is 370 g/mol. The number of rotatable bonds is 10. The fraction of sp³-hybridized carbons (Fsp3) is 0.318. The molecule has 0 spiro atoms. The third-order valence-corrected chi connectivity index (χ3v) is 4.04. The van der Waals surface area contributed by atoms with Crippen molar-refractivity contribution < 1.29 is 23.7 Å². The molecule has 2 rings (SSSR count). The van der Waals surface area contributed by atoms with Crippen molar-refractivity contribution in [2.45, 2.75) is 19.8 Å². The van der Waals surface area contributed by atoms with Gasteiger partial charge in [-0.1, -0.05) is 25.5 Å². The molecule has 0 aliphatic carbocycles. The number of ether oxygens (including phenoxy) is 4. The summed E-state index contributed by atoms with van der Waals surface area (Å²) in [6, 6.07) is 10.7. The Morgan fingerprint density at radius 1 is 0.926 bits per heavy atom. The molecular formula is C22H26O5. The molecule has 0 bridgehead atoms. The minimum Gasteiger partial charge on any atom is -0.497 e. The molecule has 0 saturated heterocycles. The standard InChI is InChI=1S/C22H26O5/c1-5-6-13-27-21-11-8-16(14-22(21)26-4)7-10-19(23)18-15-17(24-2)9-12-20(18)25-3/h7-12,14-15H,5-6,13H2,1-4H3/b10-7+. The van der Waals surface area contributed by atoms with Crippen LogP contribution in [0.3, 0.4) is 0 Å². The minimum absolute atomic E-state index is 0.173. The van der Waals surface area contributed by atoms with Gasteiger partial charge in [0.05, 0.1) is 33.5 Å². The van der Waals surface area contributed by atoms with Gasteiger partial charge in [0, 0.05) is 0 Å². The van der Waals surface area contributed by atoms with Crippen LogP contribution in [0.5, 0.6) is 23.0 Å². The molecule has 0 atom stereocenters. The van der Waals surface area contributed by atoms with Crippen molar-refractivity contribution in [3.05, 3.63) is 53.6 Å². The highest BCUT2D eigenvalue weighted by Crippen LogP contribution is 2.29. The second-order valence-corrected chi connectivity index (χ2v) is 5.88. The van der Waals surface area contributed by atoms with Crippen LogP contribution < -0.4 is 18.9 Å². The second-order valence-electron chi connectivity index (χ2n) is 5.88. The Bertz CT molecular complexity index is 795. The molecule has 0 heterocycles. The highest BCUT2D eigenvalue weighted by molar-refractivity contribution is 6.08. The summed E-state index contributed by atoms with van der Waals surface area (Å²) in [4.78, 5) is 12.6. The lowest BCUT2D eigenvalue weighted by atomic mass is 10.1. The van der Waals surface area contributed by atoms with Crippen LogP contribution in [-0.2, 0) is 0 Å². The molecule has 5 heteroatoms. The molecule has 27 heavy (non-hydrogen) atoms. The molecule has 2 aromatic carbocycles. The number of allylic oxidation sites excluding steroid dienone is 1. The van der Waals surface area contributed by atoms with Crippen LogP contribution in [0.4, 0.5) is 0 Å². The highest BCUT2D eigenvalue weighted by Gasteiger charge is 2.11. The zero-order chi connectivity index (χ0) is 19.6. The maximum absolute atomic E-state index is 12.6. The summed E-state index contributed by atoms with van der Waals surface area (Å²) in [6.07, 6.45) is 5.30. The molecule has 0 fully saturated rings. The van der Waals surface area contributed by atoms with E-state index in [0.29, 0.717) is 35.2 Å². The van der Waals surface area contributed by atoms with E-state index in [9.17, 15) is 4.79 Å². The van der Waals surface area contributed by atoms with E-state index in [2.05, 4.69) is 6.92 Å². The van der Waals surface area contributed by atoms with Crippen LogP contribution in [0.25, 0.3) is 6.08 Å². The number of hydrogen-bond donors (Lipinski definition) is 0. The van der Waals surface area contributed by atoms with Crippen LogP contribution in [0, 0.1) is 0 Å². The Morgan fingerprint density at radius 2 is 1.67 bits per heavy atom. The van der Waals surface area contributed by atoms with Crippen molar-refractivity contribution in [2.24, 2.45) is 0 Å². The van der Waals surface area contributed by atoms with Gasteiger partial charge in [-0.2, -0.15) is 0 Å². The summed E-state index contributed by atoms with van der Waals surface area (Å²) in [5, 5.41) is 0. The Morgan fingerprint density at radius 3 is 2.33 bits per heavy atom. The highest BCUT2D eigenvalue weighted by atomic mass is 16.5. The quantitative estimate of drug-likeness (QED) is 0.342. The van der Waals surface area contributed by atoms with Crippen molar-refractivity contribution in [3.63, 3.8) is 0 Å². The normalized spacial score (nSPS) is 10.7. The van der Waals surface area contributed by atoms with Gasteiger partial charge >= 0.3 is 0 Å². The number of carbonyl (C=O) groups is 1. The molecule has 0 saturated carbocycles. The summed E-state index contributed by atoms with van der Waals surface area (Å²) >= 11 is 0. The smallest absolute Gasteiger partial charge is 0.189 e. The van der Waals surface area contributed by atoms with E-state index in [1.165, 1.54) is 13.2 Å². The van der Waals surface area contributed by atoms with Crippen molar-refractivity contribution in [2.75, 3.05) is 27.9 Å². The molecule has 2 aromatic rings. The summed E-state index contributed by atoms with van der Waals surface area (Å²) in [6.45, 7) is 2.76. The lowest BCUT2D eigenvalue weighted by Gasteiger charge is -2.11. The van der Waals surface area contributed by atoms with Crippen LogP contribution in [0.2, 0.25) is 0 Å². The summed E-state index contributed by atoms with van der Waals surface area (Å²) in [5.41, 5.74) is 1.28. The van der Waals surface area contributed by atoms with Crippen LogP contribution in [-0.4, -0.2) is 33.7 Å². The van der Waals surface area contributed by atoms with E-state index >= 15 is 0 Å². The molecule has 144 valence electrons. The van der Waals surface area contributed by atoms with Gasteiger partial charge in [0.2, 0.25) is 0 Å². The van der Waals surface area contributed by atoms with Gasteiger partial charge < -0.3 is 18.9 Å². The van der Waals surface area contributed by atoms with Gasteiger partial charge in [-0.15, -0.1) is 0 Å². The number of benzene rings is 2. The fourth-order valence-electron chi connectivity index (χ4n) is 2.50. The SMILES string of the molecule is CCCCOc1ccc(/C=C/C(=O)c2cc(OC)ccc2OC)cc1OC. The van der Waals surface area contributed by atoms with Gasteiger partial charge in [0.1, 0.15) is 11.5 Å². The van der Waals surface area contributed by atoms with Gasteiger partial charge in [0.15, 0.2) is 17.3 Å². The number of unbranched alkanes of at least 4 members (excludes halogenated alkanes) is 1. The topological polar surface area (TPSA) is 54.0 Å². The summed E-state index contributed by atoms with van der Waals surface area (Å²) in [5.74, 6) is 2.27. The van der Waals surface area contributed by atoms with Gasteiger partial charge in [-0.05, 0) is 48.4 Å². The Balaban J connectivity index is 2.18.